The van der Waals surface area contributed by atoms with Crippen molar-refractivity contribution in [1.29, 1.82) is 0 Å². The van der Waals surface area contributed by atoms with E-state index in [9.17, 15) is 4.79 Å². The highest BCUT2D eigenvalue weighted by Gasteiger charge is 2.05. The summed E-state index contributed by atoms with van der Waals surface area (Å²) in [6, 6.07) is 17.6. The molecule has 3 nitrogen and oxygen atoms in total. The van der Waals surface area contributed by atoms with Crippen LogP contribution in [0.1, 0.15) is 37.6 Å². The van der Waals surface area contributed by atoms with Crippen molar-refractivity contribution in [3.05, 3.63) is 60.2 Å². The Bertz CT molecular complexity index is 643. The molecule has 3 heteroatoms. The lowest BCUT2D eigenvalue weighted by Gasteiger charge is -2.06. The van der Waals surface area contributed by atoms with Crippen LogP contribution in [0, 0.1) is 5.92 Å². The van der Waals surface area contributed by atoms with Gasteiger partial charge >= 0.3 is 0 Å². The molecule has 0 aliphatic heterocycles. The highest BCUT2D eigenvalue weighted by atomic mass is 16.2. The maximum atomic E-state index is 12.1. The summed E-state index contributed by atoms with van der Waals surface area (Å²) in [6.45, 7) is 6.19. The number of benzene rings is 2. The summed E-state index contributed by atoms with van der Waals surface area (Å²) in [5.74, 6) is 0.355. The summed E-state index contributed by atoms with van der Waals surface area (Å²) < 4.78 is 0. The number of carbonyl (C=O) groups excluding carboxylic acids is 1. The van der Waals surface area contributed by atoms with E-state index in [1.54, 1.807) is 0 Å². The third-order valence-corrected chi connectivity index (χ3v) is 3.31. The fourth-order valence-corrected chi connectivity index (χ4v) is 2.29. The predicted octanol–water partition coefficient (Wildman–Crippen LogP) is 4.51. The lowest BCUT2D eigenvalue weighted by atomic mass is 10.0. The maximum Gasteiger partial charge on any atom is 0.271 e. The van der Waals surface area contributed by atoms with Crippen LogP contribution in [0.3, 0.4) is 0 Å². The molecule has 0 aliphatic carbocycles. The zero-order chi connectivity index (χ0) is 15.9. The Morgan fingerprint density at radius 1 is 1.00 bits per heavy atom. The summed E-state index contributed by atoms with van der Waals surface area (Å²) in [4.78, 5) is 12.1. The molecule has 0 aliphatic rings. The molecule has 0 atom stereocenters. The van der Waals surface area contributed by atoms with Gasteiger partial charge in [0.15, 0.2) is 0 Å². The zero-order valence-electron chi connectivity index (χ0n) is 13.3. The molecule has 2 rings (SSSR count). The number of nitrogens with one attached hydrogen (secondary N) is 1. The summed E-state index contributed by atoms with van der Waals surface area (Å²) in [6.07, 6.45) is 0.882. The Morgan fingerprint density at radius 2 is 1.59 bits per heavy atom. The molecule has 0 saturated carbocycles. The number of amides is 1. The van der Waals surface area contributed by atoms with Gasteiger partial charge < -0.3 is 0 Å². The average molecular weight is 294 g/mol. The van der Waals surface area contributed by atoms with Gasteiger partial charge in [-0.3, -0.25) is 4.79 Å². The molecule has 0 heterocycles. The Morgan fingerprint density at radius 3 is 2.18 bits per heavy atom. The van der Waals surface area contributed by atoms with Gasteiger partial charge in [-0.05, 0) is 42.5 Å². The van der Waals surface area contributed by atoms with Gasteiger partial charge in [0.2, 0.25) is 0 Å². The van der Waals surface area contributed by atoms with E-state index in [0.29, 0.717) is 11.5 Å². The van der Waals surface area contributed by atoms with Crippen molar-refractivity contribution in [3.63, 3.8) is 0 Å². The van der Waals surface area contributed by atoms with E-state index in [0.717, 1.165) is 23.3 Å². The number of hydrogen-bond donors (Lipinski definition) is 1. The van der Waals surface area contributed by atoms with Gasteiger partial charge in [0, 0.05) is 11.3 Å². The molecule has 0 radical (unpaired) electrons. The first-order valence-electron chi connectivity index (χ1n) is 7.55. The van der Waals surface area contributed by atoms with Crippen LogP contribution in [0.2, 0.25) is 0 Å². The molecule has 1 N–H and O–H groups in total. The molecule has 0 bridgehead atoms. The summed E-state index contributed by atoms with van der Waals surface area (Å²) in [7, 11) is 0. The van der Waals surface area contributed by atoms with E-state index < -0.39 is 0 Å². The van der Waals surface area contributed by atoms with E-state index in [-0.39, 0.29) is 5.91 Å². The second kappa shape index (κ2) is 7.55. The molecular formula is C19H22N2O. The normalized spacial score (nSPS) is 11.5. The summed E-state index contributed by atoms with van der Waals surface area (Å²) in [5.41, 5.74) is 6.39. The highest BCUT2D eigenvalue weighted by molar-refractivity contribution is 5.95. The largest absolute Gasteiger partial charge is 0.271 e. The second-order valence-electron chi connectivity index (χ2n) is 5.83. The van der Waals surface area contributed by atoms with Crippen LogP contribution in [-0.2, 0) is 0 Å². The minimum absolute atomic E-state index is 0.178. The van der Waals surface area contributed by atoms with Crippen LogP contribution in [0.5, 0.6) is 0 Å². The van der Waals surface area contributed by atoms with Crippen LogP contribution in [0.25, 0.3) is 11.1 Å². The summed E-state index contributed by atoms with van der Waals surface area (Å²) >= 11 is 0. The minimum Gasteiger partial charge on any atom is -0.267 e. The monoisotopic (exact) mass is 294 g/mol. The molecule has 1 amide bonds. The van der Waals surface area contributed by atoms with Gasteiger partial charge in [0.05, 0.1) is 0 Å². The van der Waals surface area contributed by atoms with Gasteiger partial charge in [-0.25, -0.2) is 5.43 Å². The van der Waals surface area contributed by atoms with Crippen LogP contribution in [0.4, 0.5) is 0 Å². The third kappa shape index (κ3) is 4.55. The Kier molecular flexibility index (Phi) is 5.48. The molecule has 114 valence electrons. The van der Waals surface area contributed by atoms with Crippen molar-refractivity contribution in [2.45, 2.75) is 27.2 Å². The number of nitrogens with zero attached hydrogens (tertiary/aromatic N) is 1. The average Bonchev–Trinajstić information content (AvgIpc) is 2.53. The standard InChI is InChI=1S/C19H22N2O/c1-14(2)13-15(3)20-21-19(22)18-11-9-17(10-12-18)16-7-5-4-6-8-16/h4-12,14H,13H2,1-3H3,(H,21,22)/b20-15+. The molecule has 2 aromatic carbocycles. The zero-order valence-corrected chi connectivity index (χ0v) is 13.3. The fourth-order valence-electron chi connectivity index (χ4n) is 2.29. The summed E-state index contributed by atoms with van der Waals surface area (Å²) in [5, 5.41) is 4.14. The molecule has 0 saturated heterocycles. The Labute approximate surface area is 132 Å². The molecule has 0 aromatic heterocycles. The van der Waals surface area contributed by atoms with E-state index >= 15 is 0 Å². The highest BCUT2D eigenvalue weighted by Crippen LogP contribution is 2.19. The maximum absolute atomic E-state index is 12.1. The third-order valence-electron chi connectivity index (χ3n) is 3.31. The lowest BCUT2D eigenvalue weighted by molar-refractivity contribution is 0.0954. The smallest absolute Gasteiger partial charge is 0.267 e. The number of hydrazone groups is 1. The van der Waals surface area contributed by atoms with Crippen LogP contribution in [-0.4, -0.2) is 11.6 Å². The van der Waals surface area contributed by atoms with Crippen LogP contribution in [0.15, 0.2) is 59.7 Å². The van der Waals surface area contributed by atoms with Crippen molar-refractivity contribution in [2.24, 2.45) is 11.0 Å². The first kappa shape index (κ1) is 16.0. The lowest BCUT2D eigenvalue weighted by Crippen LogP contribution is -2.19. The van der Waals surface area contributed by atoms with E-state index in [1.165, 1.54) is 0 Å². The number of hydrogen-bond acceptors (Lipinski definition) is 2. The molecular weight excluding hydrogens is 272 g/mol. The molecule has 0 spiro atoms. The Balaban J connectivity index is 2.03. The van der Waals surface area contributed by atoms with Gasteiger partial charge in [0.25, 0.3) is 5.91 Å². The second-order valence-corrected chi connectivity index (χ2v) is 5.83. The number of rotatable bonds is 5. The van der Waals surface area contributed by atoms with E-state index in [2.05, 4.69) is 36.5 Å². The van der Waals surface area contributed by atoms with E-state index in [1.807, 2.05) is 49.4 Å². The quantitative estimate of drug-likeness (QED) is 0.640. The van der Waals surface area contributed by atoms with Gasteiger partial charge in [-0.1, -0.05) is 56.3 Å². The van der Waals surface area contributed by atoms with Crippen molar-refractivity contribution in [1.82, 2.24) is 5.43 Å². The Hall–Kier alpha value is -2.42. The van der Waals surface area contributed by atoms with Gasteiger partial charge in [-0.15, -0.1) is 0 Å². The molecule has 22 heavy (non-hydrogen) atoms. The molecule has 2 aromatic rings. The van der Waals surface area contributed by atoms with Crippen molar-refractivity contribution in [2.75, 3.05) is 0 Å². The van der Waals surface area contributed by atoms with Gasteiger partial charge in [-0.2, -0.15) is 5.10 Å². The topological polar surface area (TPSA) is 41.5 Å². The van der Waals surface area contributed by atoms with Crippen molar-refractivity contribution in [3.8, 4) is 11.1 Å². The van der Waals surface area contributed by atoms with Crippen molar-refractivity contribution >= 4 is 11.6 Å². The molecule has 0 fully saturated rings. The van der Waals surface area contributed by atoms with Crippen molar-refractivity contribution < 1.29 is 4.79 Å². The first-order chi connectivity index (χ1) is 10.6. The predicted molar refractivity (Wildman–Crippen MR) is 91.9 cm³/mol. The SMILES string of the molecule is C/C(CC(C)C)=N\NC(=O)c1ccc(-c2ccccc2)cc1. The van der Waals surface area contributed by atoms with E-state index in [4.69, 9.17) is 0 Å². The van der Waals surface area contributed by atoms with Crippen LogP contribution < -0.4 is 5.43 Å². The van der Waals surface area contributed by atoms with Crippen LogP contribution >= 0.6 is 0 Å². The first-order valence-corrected chi connectivity index (χ1v) is 7.55. The minimum atomic E-state index is -0.178. The fraction of sp³-hybridized carbons (Fsp3) is 0.263. The number of carbonyl (C=O) groups is 1. The molecule has 0 unspecified atom stereocenters. The van der Waals surface area contributed by atoms with Gasteiger partial charge in [0.1, 0.15) is 0 Å².